The van der Waals surface area contributed by atoms with Crippen molar-refractivity contribution in [3.05, 3.63) is 35.9 Å². The number of benzene rings is 1. The number of rotatable bonds is 6. The minimum Gasteiger partial charge on any atom is -0.447 e. The van der Waals surface area contributed by atoms with Gasteiger partial charge in [-0.3, -0.25) is 4.79 Å². The highest BCUT2D eigenvalue weighted by Crippen LogP contribution is 2.22. The topological polar surface area (TPSA) is 114 Å². The molecule has 2 rings (SSSR count). The average molecular weight is 556 g/mol. The Morgan fingerprint density at radius 1 is 1.11 bits per heavy atom. The van der Waals surface area contributed by atoms with E-state index in [0.717, 1.165) is 15.5 Å². The molecule has 1 N–H and O–H groups in total. The summed E-state index contributed by atoms with van der Waals surface area (Å²) in [5.74, 6) is -0.699. The first-order chi connectivity index (χ1) is 16.2. The van der Waals surface area contributed by atoms with Gasteiger partial charge in [0.1, 0.15) is 23.9 Å². The van der Waals surface area contributed by atoms with Crippen molar-refractivity contribution in [2.24, 2.45) is 0 Å². The van der Waals surface area contributed by atoms with Gasteiger partial charge < -0.3 is 14.2 Å². The van der Waals surface area contributed by atoms with Crippen molar-refractivity contribution < 1.29 is 33.4 Å². The highest BCUT2D eigenvalue weighted by atomic mass is 79.9. The molecule has 0 unspecified atom stereocenters. The van der Waals surface area contributed by atoms with Crippen molar-refractivity contribution in [3.63, 3.8) is 0 Å². The Morgan fingerprint density at radius 3 is 2.26 bits per heavy atom. The molecular weight excluding hydrogens is 522 g/mol. The highest BCUT2D eigenvalue weighted by Gasteiger charge is 2.45. The van der Waals surface area contributed by atoms with Gasteiger partial charge in [0.2, 0.25) is 0 Å². The van der Waals surface area contributed by atoms with E-state index in [1.165, 1.54) is 0 Å². The molecule has 0 spiro atoms. The number of amides is 4. The van der Waals surface area contributed by atoms with Gasteiger partial charge in [-0.25, -0.2) is 29.7 Å². The van der Waals surface area contributed by atoms with Gasteiger partial charge in [0, 0.05) is 5.33 Å². The lowest BCUT2D eigenvalue weighted by Gasteiger charge is -2.34. The number of hydrogen-bond donors (Lipinski definition) is 1. The summed E-state index contributed by atoms with van der Waals surface area (Å²) in [6.07, 6.45) is -2.26. The third-order valence-electron chi connectivity index (χ3n) is 4.69. The standard InChI is InChI=1S/C24H34BrN3O7/c1-23(2,3)34-20(30)26-28(22(32)35-24(4,5)6)18(12-13-25)19(29)27-17(15-33-21(27)31)14-16-10-8-7-9-11-16/h7-11,17-18H,12-15H2,1-6H3,(H,26,30)/t17-,18-/m0/s1. The summed E-state index contributed by atoms with van der Waals surface area (Å²) in [6.45, 7) is 10.00. The van der Waals surface area contributed by atoms with Gasteiger partial charge in [-0.2, -0.15) is 0 Å². The Labute approximate surface area is 214 Å². The molecule has 0 aliphatic carbocycles. The Kier molecular flexibility index (Phi) is 9.53. The predicted molar refractivity (Wildman–Crippen MR) is 132 cm³/mol. The first kappa shape index (κ1) is 28.4. The Bertz CT molecular complexity index is 912. The molecule has 10 nitrogen and oxygen atoms in total. The van der Waals surface area contributed by atoms with Gasteiger partial charge in [-0.1, -0.05) is 46.3 Å². The number of imide groups is 1. The van der Waals surface area contributed by atoms with E-state index in [-0.39, 0.29) is 13.0 Å². The molecule has 1 aliphatic rings. The Morgan fingerprint density at radius 2 is 1.71 bits per heavy atom. The van der Waals surface area contributed by atoms with Crippen molar-refractivity contribution >= 4 is 40.1 Å². The van der Waals surface area contributed by atoms with Crippen molar-refractivity contribution in [1.29, 1.82) is 0 Å². The summed E-state index contributed by atoms with van der Waals surface area (Å²) in [6, 6.07) is 7.54. The van der Waals surface area contributed by atoms with Crippen LogP contribution in [0.3, 0.4) is 0 Å². The summed E-state index contributed by atoms with van der Waals surface area (Å²) < 4.78 is 15.9. The zero-order valence-electron chi connectivity index (χ0n) is 21.0. The number of nitrogens with zero attached hydrogens (tertiary/aromatic N) is 2. The minimum atomic E-state index is -1.26. The fourth-order valence-corrected chi connectivity index (χ4v) is 3.79. The molecule has 35 heavy (non-hydrogen) atoms. The molecule has 1 fully saturated rings. The van der Waals surface area contributed by atoms with Crippen molar-refractivity contribution in [1.82, 2.24) is 15.3 Å². The highest BCUT2D eigenvalue weighted by molar-refractivity contribution is 9.09. The van der Waals surface area contributed by atoms with E-state index < -0.39 is 47.5 Å². The number of nitrogens with one attached hydrogen (secondary N) is 1. The molecule has 194 valence electrons. The van der Waals surface area contributed by atoms with Gasteiger partial charge in [0.15, 0.2) is 0 Å². The quantitative estimate of drug-likeness (QED) is 0.314. The molecular formula is C24H34BrN3O7. The molecule has 1 heterocycles. The molecule has 1 aliphatic heterocycles. The van der Waals surface area contributed by atoms with Crippen LogP contribution >= 0.6 is 15.9 Å². The van der Waals surface area contributed by atoms with Crippen LogP contribution in [0.5, 0.6) is 0 Å². The Balaban J connectivity index is 2.36. The fraction of sp³-hybridized carbons (Fsp3) is 0.583. The lowest BCUT2D eigenvalue weighted by molar-refractivity contribution is -0.136. The maximum Gasteiger partial charge on any atom is 0.430 e. The fourth-order valence-electron chi connectivity index (χ4n) is 3.36. The maximum absolute atomic E-state index is 13.7. The van der Waals surface area contributed by atoms with Crippen molar-refractivity contribution in [3.8, 4) is 0 Å². The van der Waals surface area contributed by atoms with E-state index in [9.17, 15) is 19.2 Å². The molecule has 4 amide bonds. The third kappa shape index (κ3) is 8.72. The number of ether oxygens (including phenoxy) is 3. The lowest BCUT2D eigenvalue weighted by atomic mass is 10.0. The third-order valence-corrected chi connectivity index (χ3v) is 5.15. The number of hydrazine groups is 1. The number of cyclic esters (lactones) is 1. The van der Waals surface area contributed by atoms with E-state index in [2.05, 4.69) is 21.4 Å². The first-order valence-corrected chi connectivity index (χ1v) is 12.5. The van der Waals surface area contributed by atoms with E-state index >= 15 is 0 Å². The summed E-state index contributed by atoms with van der Waals surface area (Å²) >= 11 is 3.30. The minimum absolute atomic E-state index is 0.0203. The molecule has 1 aromatic rings. The molecule has 1 aromatic carbocycles. The van der Waals surface area contributed by atoms with Crippen LogP contribution in [0.4, 0.5) is 14.4 Å². The SMILES string of the molecule is CC(C)(C)OC(=O)NN(C(=O)OC(C)(C)C)[C@@H](CCBr)C(=O)N1C(=O)OC[C@@H]1Cc1ccccc1. The second-order valence-corrected chi connectivity index (χ2v) is 10.9. The van der Waals surface area contributed by atoms with E-state index in [4.69, 9.17) is 14.2 Å². The molecule has 0 bridgehead atoms. The number of carbonyl (C=O) groups is 4. The normalized spacial score (nSPS) is 16.8. The largest absolute Gasteiger partial charge is 0.447 e. The predicted octanol–water partition coefficient (Wildman–Crippen LogP) is 4.41. The smallest absolute Gasteiger partial charge is 0.430 e. The van der Waals surface area contributed by atoms with Crippen LogP contribution in [0.25, 0.3) is 0 Å². The van der Waals surface area contributed by atoms with E-state index in [1.807, 2.05) is 30.3 Å². The number of halogens is 1. The molecule has 1 saturated heterocycles. The van der Waals surface area contributed by atoms with Crippen molar-refractivity contribution in [2.75, 3.05) is 11.9 Å². The molecule has 11 heteroatoms. The second kappa shape index (κ2) is 11.7. The van der Waals surface area contributed by atoms with Crippen molar-refractivity contribution in [2.45, 2.75) is 77.7 Å². The first-order valence-electron chi connectivity index (χ1n) is 11.3. The van der Waals surface area contributed by atoms with Gasteiger partial charge in [-0.05, 0) is 59.9 Å². The van der Waals surface area contributed by atoms with Crippen LogP contribution < -0.4 is 5.43 Å². The maximum atomic E-state index is 13.7. The van der Waals surface area contributed by atoms with Gasteiger partial charge in [0.05, 0.1) is 6.04 Å². The van der Waals surface area contributed by atoms with E-state index in [0.29, 0.717) is 11.8 Å². The second-order valence-electron chi connectivity index (χ2n) is 10.1. The number of alkyl halides is 1. The zero-order chi connectivity index (χ0) is 26.4. The average Bonchev–Trinajstić information content (AvgIpc) is 3.08. The van der Waals surface area contributed by atoms with Gasteiger partial charge in [0.25, 0.3) is 5.91 Å². The zero-order valence-corrected chi connectivity index (χ0v) is 22.6. The molecule has 0 saturated carbocycles. The van der Waals surface area contributed by atoms with Crippen LogP contribution in [-0.2, 0) is 25.4 Å². The number of carbonyl (C=O) groups excluding carboxylic acids is 4. The van der Waals surface area contributed by atoms with E-state index in [1.54, 1.807) is 41.5 Å². The van der Waals surface area contributed by atoms with Crippen LogP contribution in [0.15, 0.2) is 30.3 Å². The lowest BCUT2D eigenvalue weighted by Crippen LogP contribution is -2.60. The number of hydrogen-bond acceptors (Lipinski definition) is 7. The van der Waals surface area contributed by atoms with Crippen LogP contribution in [-0.4, -0.2) is 69.3 Å². The van der Waals surface area contributed by atoms with Gasteiger partial charge in [-0.15, -0.1) is 0 Å². The summed E-state index contributed by atoms with van der Waals surface area (Å²) in [4.78, 5) is 52.9. The summed E-state index contributed by atoms with van der Waals surface area (Å²) in [7, 11) is 0. The summed E-state index contributed by atoms with van der Waals surface area (Å²) in [5, 5.41) is 1.08. The molecule has 0 aromatic heterocycles. The van der Waals surface area contributed by atoms with Gasteiger partial charge >= 0.3 is 18.3 Å². The summed E-state index contributed by atoms with van der Waals surface area (Å²) in [5.41, 5.74) is 1.50. The Hall–Kier alpha value is -2.82. The molecule has 0 radical (unpaired) electrons. The van der Waals surface area contributed by atoms with Crippen LogP contribution in [0.1, 0.15) is 53.5 Å². The molecule has 2 atom stereocenters. The monoisotopic (exact) mass is 555 g/mol. The van der Waals surface area contributed by atoms with Crippen LogP contribution in [0, 0.1) is 0 Å². The van der Waals surface area contributed by atoms with Crippen LogP contribution in [0.2, 0.25) is 0 Å².